The summed E-state index contributed by atoms with van der Waals surface area (Å²) in [6.45, 7) is 2.07. The molecule has 2 aromatic rings. The van der Waals surface area contributed by atoms with Crippen LogP contribution in [0.1, 0.15) is 42.9 Å². The molecule has 1 fully saturated rings. The van der Waals surface area contributed by atoms with E-state index in [-0.39, 0.29) is 0 Å². The Morgan fingerprint density at radius 2 is 2.11 bits per heavy atom. The fraction of sp³-hybridized carbons (Fsp3) is 0.429. The maximum atomic E-state index is 5.43. The molecular weight excluding hydrogens is 242 g/mol. The Bertz CT molecular complexity index is 605. The molecule has 0 unspecified atom stereocenters. The molecule has 0 radical (unpaired) electrons. The van der Waals surface area contributed by atoms with E-state index in [2.05, 4.69) is 23.1 Å². The third kappa shape index (κ3) is 2.12. The zero-order valence-electron chi connectivity index (χ0n) is 10.5. The summed E-state index contributed by atoms with van der Waals surface area (Å²) in [5.41, 5.74) is 2.46. The largest absolute Gasteiger partial charge is 0.295 e. The first-order valence-corrected chi connectivity index (χ1v) is 6.90. The minimum Gasteiger partial charge on any atom is -0.295 e. The van der Waals surface area contributed by atoms with Crippen LogP contribution in [-0.2, 0) is 0 Å². The van der Waals surface area contributed by atoms with E-state index in [9.17, 15) is 0 Å². The van der Waals surface area contributed by atoms with Crippen LogP contribution in [0.5, 0.6) is 0 Å². The lowest BCUT2D eigenvalue weighted by Crippen LogP contribution is -2.01. The molecule has 1 aliphatic rings. The van der Waals surface area contributed by atoms with Crippen LogP contribution in [0.4, 0.5) is 0 Å². The highest BCUT2D eigenvalue weighted by Gasteiger charge is 2.19. The number of aromatic amines is 1. The number of aryl methyl sites for hydroxylation is 1. The Balaban J connectivity index is 2.00. The molecule has 1 saturated carbocycles. The van der Waals surface area contributed by atoms with Crippen LogP contribution in [0, 0.1) is 11.6 Å². The van der Waals surface area contributed by atoms with Crippen molar-refractivity contribution in [3.05, 3.63) is 40.3 Å². The first-order valence-electron chi connectivity index (χ1n) is 6.49. The normalized spacial score (nSPS) is 16.3. The van der Waals surface area contributed by atoms with E-state index in [1.54, 1.807) is 0 Å². The van der Waals surface area contributed by atoms with Crippen LogP contribution < -0.4 is 0 Å². The van der Waals surface area contributed by atoms with E-state index >= 15 is 0 Å². The second-order valence-electron chi connectivity index (χ2n) is 5.06. The Morgan fingerprint density at radius 1 is 1.33 bits per heavy atom. The second-order valence-corrected chi connectivity index (χ2v) is 5.48. The standard InChI is InChI=1S/C14H17N3S/c1-10-6-7-15-13(8-10)17-14(18)9-12(16-17)11-4-2-3-5-11/h6-9,11,16H,2-5H2,1H3. The Morgan fingerprint density at radius 3 is 2.83 bits per heavy atom. The zero-order valence-corrected chi connectivity index (χ0v) is 11.3. The number of nitrogens with one attached hydrogen (secondary N) is 1. The van der Waals surface area contributed by atoms with E-state index in [0.29, 0.717) is 5.92 Å². The van der Waals surface area contributed by atoms with Gasteiger partial charge in [0.05, 0.1) is 0 Å². The summed E-state index contributed by atoms with van der Waals surface area (Å²) in [5, 5.41) is 3.42. The van der Waals surface area contributed by atoms with Crippen molar-refractivity contribution in [3.63, 3.8) is 0 Å². The number of aromatic nitrogens is 3. The molecule has 94 valence electrons. The van der Waals surface area contributed by atoms with Crippen LogP contribution in [0.15, 0.2) is 24.4 Å². The van der Waals surface area contributed by atoms with Gasteiger partial charge in [-0.1, -0.05) is 25.1 Å². The minimum absolute atomic E-state index is 0.651. The van der Waals surface area contributed by atoms with Gasteiger partial charge >= 0.3 is 0 Å². The quantitative estimate of drug-likeness (QED) is 0.830. The van der Waals surface area contributed by atoms with Crippen LogP contribution >= 0.6 is 12.2 Å². The maximum absolute atomic E-state index is 5.43. The Kier molecular flexibility index (Phi) is 3.04. The number of nitrogens with zero attached hydrogens (tertiary/aromatic N) is 2. The molecule has 2 aromatic heterocycles. The zero-order chi connectivity index (χ0) is 12.5. The average Bonchev–Trinajstić information content (AvgIpc) is 2.97. The molecular formula is C14H17N3S. The highest BCUT2D eigenvalue weighted by molar-refractivity contribution is 7.71. The molecule has 0 amide bonds. The van der Waals surface area contributed by atoms with Crippen molar-refractivity contribution in [1.29, 1.82) is 0 Å². The number of rotatable bonds is 2. The van der Waals surface area contributed by atoms with Crippen LogP contribution in [0.2, 0.25) is 0 Å². The van der Waals surface area contributed by atoms with Gasteiger partial charge in [0.25, 0.3) is 0 Å². The summed E-state index contributed by atoms with van der Waals surface area (Å²) in [7, 11) is 0. The third-order valence-electron chi connectivity index (χ3n) is 3.67. The van der Waals surface area contributed by atoms with Gasteiger partial charge < -0.3 is 0 Å². The summed E-state index contributed by atoms with van der Waals surface area (Å²) in [5.74, 6) is 1.53. The van der Waals surface area contributed by atoms with E-state index in [4.69, 9.17) is 12.2 Å². The Labute approximate surface area is 112 Å². The number of H-pyrrole nitrogens is 1. The van der Waals surface area contributed by atoms with Crippen LogP contribution in [0.25, 0.3) is 5.82 Å². The molecule has 1 N–H and O–H groups in total. The average molecular weight is 259 g/mol. The van der Waals surface area contributed by atoms with Gasteiger partial charge in [0.2, 0.25) is 0 Å². The van der Waals surface area contributed by atoms with Crippen molar-refractivity contribution in [2.24, 2.45) is 0 Å². The molecule has 2 heterocycles. The predicted molar refractivity (Wildman–Crippen MR) is 74.7 cm³/mol. The molecule has 0 aromatic carbocycles. The fourth-order valence-corrected chi connectivity index (χ4v) is 2.94. The minimum atomic E-state index is 0.651. The number of hydrogen-bond donors (Lipinski definition) is 1. The van der Waals surface area contributed by atoms with Crippen molar-refractivity contribution < 1.29 is 0 Å². The molecule has 0 bridgehead atoms. The van der Waals surface area contributed by atoms with Crippen molar-refractivity contribution in [2.45, 2.75) is 38.5 Å². The van der Waals surface area contributed by atoms with Gasteiger partial charge in [0.1, 0.15) is 4.64 Å². The molecule has 0 spiro atoms. The highest BCUT2D eigenvalue weighted by atomic mass is 32.1. The van der Waals surface area contributed by atoms with E-state index in [1.165, 1.54) is 36.9 Å². The van der Waals surface area contributed by atoms with Crippen molar-refractivity contribution in [2.75, 3.05) is 0 Å². The van der Waals surface area contributed by atoms with Gasteiger partial charge in [0, 0.05) is 17.8 Å². The van der Waals surface area contributed by atoms with Gasteiger partial charge in [-0.2, -0.15) is 0 Å². The lowest BCUT2D eigenvalue weighted by Gasteiger charge is -2.06. The SMILES string of the molecule is Cc1ccnc(-n2[nH]c(C3CCCC3)cc2=S)c1. The van der Waals surface area contributed by atoms with E-state index < -0.39 is 0 Å². The first kappa shape index (κ1) is 11.7. The van der Waals surface area contributed by atoms with Gasteiger partial charge in [-0.05, 0) is 43.5 Å². The molecule has 0 saturated heterocycles. The summed E-state index contributed by atoms with van der Waals surface area (Å²) < 4.78 is 2.73. The van der Waals surface area contributed by atoms with Crippen molar-refractivity contribution >= 4 is 12.2 Å². The van der Waals surface area contributed by atoms with Crippen molar-refractivity contribution in [3.8, 4) is 5.82 Å². The smallest absolute Gasteiger partial charge is 0.152 e. The van der Waals surface area contributed by atoms with Crippen LogP contribution in [0.3, 0.4) is 0 Å². The number of hydrogen-bond acceptors (Lipinski definition) is 2. The predicted octanol–water partition coefficient (Wildman–Crippen LogP) is 3.90. The topological polar surface area (TPSA) is 33.6 Å². The Hall–Kier alpha value is -1.42. The maximum Gasteiger partial charge on any atom is 0.152 e. The molecule has 3 nitrogen and oxygen atoms in total. The van der Waals surface area contributed by atoms with E-state index in [1.807, 2.05) is 23.0 Å². The molecule has 0 atom stereocenters. The first-order chi connectivity index (χ1) is 8.74. The van der Waals surface area contributed by atoms with Gasteiger partial charge in [-0.3, -0.25) is 5.10 Å². The monoisotopic (exact) mass is 259 g/mol. The van der Waals surface area contributed by atoms with Gasteiger partial charge in [-0.25, -0.2) is 9.67 Å². The van der Waals surface area contributed by atoms with Crippen LogP contribution in [-0.4, -0.2) is 14.8 Å². The molecule has 1 aliphatic carbocycles. The highest BCUT2D eigenvalue weighted by Crippen LogP contribution is 2.33. The summed E-state index contributed by atoms with van der Waals surface area (Å²) in [4.78, 5) is 4.38. The van der Waals surface area contributed by atoms with Gasteiger partial charge in [-0.15, -0.1) is 0 Å². The fourth-order valence-electron chi connectivity index (χ4n) is 2.67. The summed E-state index contributed by atoms with van der Waals surface area (Å²) >= 11 is 5.43. The number of pyridine rings is 1. The molecule has 4 heteroatoms. The molecule has 3 rings (SSSR count). The van der Waals surface area contributed by atoms with E-state index in [0.717, 1.165) is 10.5 Å². The molecule has 0 aliphatic heterocycles. The van der Waals surface area contributed by atoms with Gasteiger partial charge in [0.15, 0.2) is 5.82 Å². The third-order valence-corrected chi connectivity index (χ3v) is 3.97. The molecule has 18 heavy (non-hydrogen) atoms. The lowest BCUT2D eigenvalue weighted by molar-refractivity contribution is 0.675. The van der Waals surface area contributed by atoms with Crippen molar-refractivity contribution in [1.82, 2.24) is 14.8 Å². The summed E-state index contributed by atoms with van der Waals surface area (Å²) in [6.07, 6.45) is 7.04. The lowest BCUT2D eigenvalue weighted by atomic mass is 10.1. The second kappa shape index (κ2) is 4.69. The summed E-state index contributed by atoms with van der Waals surface area (Å²) in [6, 6.07) is 6.13.